The average Bonchev–Trinajstić information content (AvgIpc) is 2.80. The molecular weight excluding hydrogens is 448 g/mol. The lowest BCUT2D eigenvalue weighted by Gasteiger charge is -2.20. The van der Waals surface area contributed by atoms with Crippen LogP contribution in [-0.4, -0.2) is 19.2 Å². The summed E-state index contributed by atoms with van der Waals surface area (Å²) in [5, 5.41) is 0.580. The molecule has 34 heavy (non-hydrogen) atoms. The first-order chi connectivity index (χ1) is 16.1. The Labute approximate surface area is 198 Å². The molecule has 1 aromatic heterocycles. The summed E-state index contributed by atoms with van der Waals surface area (Å²) in [6.07, 6.45) is 0.110. The van der Waals surface area contributed by atoms with Crippen molar-refractivity contribution < 1.29 is 13.2 Å². The Bertz CT molecular complexity index is 1520. The minimum absolute atomic E-state index is 0.0171. The SMILES string of the molecule is Cc1cc(C)c(CC(=O)C(NS(=O)(=O)c2ccc3[nH]c(=O)ccc3c2)c2ccccc2)c(C)c1. The van der Waals surface area contributed by atoms with E-state index in [-0.39, 0.29) is 22.7 Å². The molecule has 4 aromatic rings. The number of aromatic amines is 1. The lowest BCUT2D eigenvalue weighted by Crippen LogP contribution is -2.35. The number of fused-ring (bicyclic) bond motifs is 1. The van der Waals surface area contributed by atoms with Gasteiger partial charge in [0.25, 0.3) is 0 Å². The van der Waals surface area contributed by atoms with Gasteiger partial charge in [-0.05, 0) is 72.7 Å². The fraction of sp³-hybridized carbons (Fsp3) is 0.185. The summed E-state index contributed by atoms with van der Waals surface area (Å²) in [5.74, 6) is -0.241. The lowest BCUT2D eigenvalue weighted by atomic mass is 9.92. The standard InChI is InChI=1S/C27H26N2O4S/c1-17-13-18(2)23(19(3)14-17)16-25(30)27(20-7-5-4-6-8-20)29-34(32,33)22-10-11-24-21(15-22)9-12-26(31)28-24/h4-15,27,29H,16H2,1-3H3,(H,28,31). The number of rotatable bonds is 7. The van der Waals surface area contributed by atoms with Crippen LogP contribution in [-0.2, 0) is 21.2 Å². The number of carbonyl (C=O) groups is 1. The number of sulfonamides is 1. The molecule has 1 heterocycles. The molecule has 0 aliphatic carbocycles. The van der Waals surface area contributed by atoms with E-state index in [0.29, 0.717) is 16.5 Å². The van der Waals surface area contributed by atoms with Crippen molar-refractivity contribution >= 4 is 26.7 Å². The molecular formula is C27H26N2O4S. The van der Waals surface area contributed by atoms with Gasteiger partial charge in [-0.1, -0.05) is 48.0 Å². The number of ketones is 1. The van der Waals surface area contributed by atoms with Crippen molar-refractivity contribution in [1.29, 1.82) is 0 Å². The monoisotopic (exact) mass is 474 g/mol. The number of aryl methyl sites for hydroxylation is 3. The minimum atomic E-state index is -4.04. The Hall–Kier alpha value is -3.55. The van der Waals surface area contributed by atoms with Crippen molar-refractivity contribution in [1.82, 2.24) is 9.71 Å². The van der Waals surface area contributed by atoms with Crippen molar-refractivity contribution in [2.75, 3.05) is 0 Å². The summed E-state index contributed by atoms with van der Waals surface area (Å²) in [5.41, 5.74) is 4.87. The zero-order valence-electron chi connectivity index (χ0n) is 19.3. The first-order valence-corrected chi connectivity index (χ1v) is 12.4. The molecule has 0 fully saturated rings. The van der Waals surface area contributed by atoms with E-state index in [9.17, 15) is 18.0 Å². The van der Waals surface area contributed by atoms with Crippen LogP contribution in [0.2, 0.25) is 0 Å². The summed E-state index contributed by atoms with van der Waals surface area (Å²) in [6.45, 7) is 5.93. The second-order valence-electron chi connectivity index (χ2n) is 8.56. The van der Waals surface area contributed by atoms with Gasteiger partial charge in [-0.2, -0.15) is 4.72 Å². The predicted octanol–water partition coefficient (Wildman–Crippen LogP) is 4.28. The van der Waals surface area contributed by atoms with Gasteiger partial charge < -0.3 is 4.98 Å². The third-order valence-electron chi connectivity index (χ3n) is 5.92. The van der Waals surface area contributed by atoms with Gasteiger partial charge in [0, 0.05) is 18.0 Å². The highest BCUT2D eigenvalue weighted by molar-refractivity contribution is 7.89. The van der Waals surface area contributed by atoms with Crippen molar-refractivity contribution in [3.63, 3.8) is 0 Å². The van der Waals surface area contributed by atoms with E-state index in [4.69, 9.17) is 0 Å². The number of hydrogen-bond acceptors (Lipinski definition) is 4. The van der Waals surface area contributed by atoms with E-state index in [2.05, 4.69) is 9.71 Å². The molecule has 0 bridgehead atoms. The first-order valence-electron chi connectivity index (χ1n) is 10.9. The van der Waals surface area contributed by atoms with Gasteiger partial charge in [0.15, 0.2) is 5.78 Å². The van der Waals surface area contributed by atoms with E-state index in [1.54, 1.807) is 36.4 Å². The maximum atomic E-state index is 13.5. The summed E-state index contributed by atoms with van der Waals surface area (Å²) in [4.78, 5) is 27.7. The van der Waals surface area contributed by atoms with Crippen molar-refractivity contribution in [2.24, 2.45) is 0 Å². The number of H-pyrrole nitrogens is 1. The molecule has 4 rings (SSSR count). The van der Waals surface area contributed by atoms with Gasteiger partial charge in [0.05, 0.1) is 4.90 Å². The van der Waals surface area contributed by atoms with Crippen molar-refractivity contribution in [3.05, 3.63) is 111 Å². The Balaban J connectivity index is 1.70. The fourth-order valence-electron chi connectivity index (χ4n) is 4.25. The zero-order chi connectivity index (χ0) is 24.5. The highest BCUT2D eigenvalue weighted by Gasteiger charge is 2.28. The number of carbonyl (C=O) groups excluding carboxylic acids is 1. The summed E-state index contributed by atoms with van der Waals surface area (Å²) in [7, 11) is -4.04. The van der Waals surface area contributed by atoms with Gasteiger partial charge in [-0.15, -0.1) is 0 Å². The Kier molecular flexibility index (Phi) is 6.50. The zero-order valence-corrected chi connectivity index (χ0v) is 20.1. The number of nitrogens with one attached hydrogen (secondary N) is 2. The number of aromatic nitrogens is 1. The molecule has 7 heteroatoms. The van der Waals surface area contributed by atoms with Gasteiger partial charge in [0.1, 0.15) is 6.04 Å². The first kappa shape index (κ1) is 23.6. The molecule has 1 unspecified atom stereocenters. The fourth-order valence-corrected chi connectivity index (χ4v) is 5.50. The molecule has 0 saturated heterocycles. The molecule has 1 atom stereocenters. The van der Waals surface area contributed by atoms with Crippen molar-refractivity contribution in [3.8, 4) is 0 Å². The van der Waals surface area contributed by atoms with Gasteiger partial charge in [-0.3, -0.25) is 9.59 Å². The van der Waals surface area contributed by atoms with E-state index < -0.39 is 16.1 Å². The van der Waals surface area contributed by atoms with E-state index in [0.717, 1.165) is 22.3 Å². The van der Waals surface area contributed by atoms with Crippen LogP contribution < -0.4 is 10.3 Å². The van der Waals surface area contributed by atoms with E-state index in [1.165, 1.54) is 18.2 Å². The number of hydrogen-bond donors (Lipinski definition) is 2. The minimum Gasteiger partial charge on any atom is -0.322 e. The third kappa shape index (κ3) is 5.00. The highest BCUT2D eigenvalue weighted by Crippen LogP contribution is 2.24. The molecule has 2 N–H and O–H groups in total. The maximum Gasteiger partial charge on any atom is 0.248 e. The molecule has 174 valence electrons. The number of benzene rings is 3. The van der Waals surface area contributed by atoms with Crippen LogP contribution in [0, 0.1) is 20.8 Å². The largest absolute Gasteiger partial charge is 0.322 e. The smallest absolute Gasteiger partial charge is 0.248 e. The molecule has 3 aromatic carbocycles. The predicted molar refractivity (Wildman–Crippen MR) is 133 cm³/mol. The Morgan fingerprint density at radius 2 is 1.59 bits per heavy atom. The van der Waals surface area contributed by atoms with Crippen LogP contribution in [0.4, 0.5) is 0 Å². The molecule has 0 aliphatic rings. The Morgan fingerprint density at radius 3 is 2.26 bits per heavy atom. The summed E-state index contributed by atoms with van der Waals surface area (Å²) >= 11 is 0. The van der Waals surface area contributed by atoms with Crippen LogP contribution >= 0.6 is 0 Å². The second kappa shape index (κ2) is 9.37. The molecule has 0 spiro atoms. The molecule has 0 radical (unpaired) electrons. The van der Waals surface area contributed by atoms with Crippen molar-refractivity contribution in [2.45, 2.75) is 38.1 Å². The van der Waals surface area contributed by atoms with Crippen LogP contribution in [0.3, 0.4) is 0 Å². The maximum absolute atomic E-state index is 13.5. The molecule has 0 aliphatic heterocycles. The van der Waals surface area contributed by atoms with Gasteiger partial charge in [-0.25, -0.2) is 8.42 Å². The quantitative estimate of drug-likeness (QED) is 0.418. The van der Waals surface area contributed by atoms with Crippen LogP contribution in [0.25, 0.3) is 10.9 Å². The van der Waals surface area contributed by atoms with Crippen LogP contribution in [0.15, 0.2) is 82.5 Å². The lowest BCUT2D eigenvalue weighted by molar-refractivity contribution is -0.120. The van der Waals surface area contributed by atoms with Gasteiger partial charge >= 0.3 is 0 Å². The summed E-state index contributed by atoms with van der Waals surface area (Å²) < 4.78 is 29.3. The van der Waals surface area contributed by atoms with E-state index in [1.807, 2.05) is 39.0 Å². The third-order valence-corrected chi connectivity index (χ3v) is 7.35. The topological polar surface area (TPSA) is 96.1 Å². The highest BCUT2D eigenvalue weighted by atomic mass is 32.2. The Morgan fingerprint density at radius 1 is 0.912 bits per heavy atom. The van der Waals surface area contributed by atoms with E-state index >= 15 is 0 Å². The number of Topliss-reactive ketones (excluding diaryl/α,β-unsaturated/α-hetero) is 1. The summed E-state index contributed by atoms with van der Waals surface area (Å²) in [6, 6.07) is 19.2. The molecule has 0 saturated carbocycles. The molecule has 0 amide bonds. The normalized spacial score (nSPS) is 12.6. The van der Waals surface area contributed by atoms with Crippen LogP contribution in [0.1, 0.15) is 33.9 Å². The van der Waals surface area contributed by atoms with Crippen LogP contribution in [0.5, 0.6) is 0 Å². The molecule has 6 nitrogen and oxygen atoms in total. The van der Waals surface area contributed by atoms with Gasteiger partial charge in [0.2, 0.25) is 15.6 Å². The number of pyridine rings is 1. The second-order valence-corrected chi connectivity index (χ2v) is 10.3. The average molecular weight is 475 g/mol.